The molecule has 0 N–H and O–H groups in total. The molecule has 0 amide bonds. The molecule has 0 aromatic heterocycles. The summed E-state index contributed by atoms with van der Waals surface area (Å²) in [6.07, 6.45) is 0. The average molecular weight is 389 g/mol. The van der Waals surface area contributed by atoms with Crippen LogP contribution < -0.4 is 0 Å². The highest BCUT2D eigenvalue weighted by molar-refractivity contribution is 6.45. The molecule has 0 spiro atoms. The summed E-state index contributed by atoms with van der Waals surface area (Å²) in [5.74, 6) is -0.368. The zero-order valence-electron chi connectivity index (χ0n) is 9.89. The van der Waals surface area contributed by atoms with Gasteiger partial charge in [-0.2, -0.15) is 0 Å². The highest BCUT2D eigenvalue weighted by Crippen LogP contribution is 2.41. The van der Waals surface area contributed by atoms with E-state index in [4.69, 9.17) is 69.6 Å². The first kappa shape index (κ1) is 16.5. The van der Waals surface area contributed by atoms with Crippen molar-refractivity contribution in [3.63, 3.8) is 0 Å². The Balaban J connectivity index is 2.56. The number of benzene rings is 2. The third-order valence-corrected chi connectivity index (χ3v) is 4.48. The van der Waals surface area contributed by atoms with E-state index in [1.807, 2.05) is 0 Å². The van der Waals surface area contributed by atoms with Gasteiger partial charge in [-0.05, 0) is 35.4 Å². The number of halogens is 6. The molecule has 0 atom stereocenters. The molecule has 0 fully saturated rings. The Bertz CT molecular complexity index is 572. The first-order valence-electron chi connectivity index (χ1n) is 5.58. The van der Waals surface area contributed by atoms with Crippen LogP contribution in [0.3, 0.4) is 0 Å². The lowest BCUT2D eigenvalue weighted by Gasteiger charge is -2.21. The largest absolute Gasteiger partial charge is 0.118 e. The Morgan fingerprint density at radius 3 is 1.35 bits per heavy atom. The maximum Gasteiger partial charge on any atom is 0.118 e. The van der Waals surface area contributed by atoms with Gasteiger partial charge in [0, 0.05) is 26.0 Å². The van der Waals surface area contributed by atoms with Crippen LogP contribution >= 0.6 is 69.6 Å². The molecule has 6 heteroatoms. The van der Waals surface area contributed by atoms with Gasteiger partial charge in [-0.15, -0.1) is 23.2 Å². The van der Waals surface area contributed by atoms with Crippen molar-refractivity contribution in [2.24, 2.45) is 0 Å². The van der Waals surface area contributed by atoms with Crippen LogP contribution in [0.25, 0.3) is 0 Å². The van der Waals surface area contributed by atoms with E-state index in [0.29, 0.717) is 20.1 Å². The Morgan fingerprint density at radius 1 is 0.650 bits per heavy atom. The molecule has 106 valence electrons. The molecular formula is C14H8Cl6. The summed E-state index contributed by atoms with van der Waals surface area (Å²) < 4.78 is 0. The van der Waals surface area contributed by atoms with Gasteiger partial charge in [0.2, 0.25) is 0 Å². The van der Waals surface area contributed by atoms with Gasteiger partial charge in [0.25, 0.3) is 0 Å². The van der Waals surface area contributed by atoms with Gasteiger partial charge >= 0.3 is 0 Å². The lowest BCUT2D eigenvalue weighted by molar-refractivity contribution is 0.887. The van der Waals surface area contributed by atoms with Gasteiger partial charge in [-0.1, -0.05) is 58.5 Å². The van der Waals surface area contributed by atoms with Crippen LogP contribution in [0.5, 0.6) is 0 Å². The van der Waals surface area contributed by atoms with Crippen molar-refractivity contribution >= 4 is 69.6 Å². The van der Waals surface area contributed by atoms with E-state index >= 15 is 0 Å². The SMILES string of the molecule is Clc1ccc(C(c2ccc(Cl)cc2Cl)C(Cl)Cl)c(Cl)c1. The molecule has 0 saturated carbocycles. The Hall–Kier alpha value is 0.180. The fourth-order valence-electron chi connectivity index (χ4n) is 1.95. The molecular weight excluding hydrogens is 381 g/mol. The molecule has 0 saturated heterocycles. The molecule has 2 aromatic rings. The third-order valence-electron chi connectivity index (χ3n) is 2.85. The standard InChI is InChI=1S/C14H8Cl6/c15-7-1-3-9(11(17)5-7)13(14(19)20)10-4-2-8(16)6-12(10)18/h1-6,13-14H. The van der Waals surface area contributed by atoms with Crippen LogP contribution in [0.15, 0.2) is 36.4 Å². The van der Waals surface area contributed by atoms with E-state index in [1.54, 1.807) is 36.4 Å². The Morgan fingerprint density at radius 2 is 1.05 bits per heavy atom. The minimum absolute atomic E-state index is 0.368. The molecule has 2 aromatic carbocycles. The monoisotopic (exact) mass is 386 g/mol. The van der Waals surface area contributed by atoms with Gasteiger partial charge < -0.3 is 0 Å². The molecule has 0 aliphatic rings. The van der Waals surface area contributed by atoms with Gasteiger partial charge in [-0.3, -0.25) is 0 Å². The Labute approximate surface area is 147 Å². The summed E-state index contributed by atoms with van der Waals surface area (Å²) in [6, 6.07) is 10.3. The predicted molar refractivity (Wildman–Crippen MR) is 90.3 cm³/mol. The van der Waals surface area contributed by atoms with Crippen LogP contribution in [0.1, 0.15) is 17.0 Å². The normalized spacial score (nSPS) is 11.4. The van der Waals surface area contributed by atoms with Crippen molar-refractivity contribution in [2.75, 3.05) is 0 Å². The van der Waals surface area contributed by atoms with E-state index in [0.717, 1.165) is 11.1 Å². The van der Waals surface area contributed by atoms with Crippen molar-refractivity contribution in [1.82, 2.24) is 0 Å². The number of rotatable bonds is 3. The van der Waals surface area contributed by atoms with Crippen molar-refractivity contribution in [1.29, 1.82) is 0 Å². The maximum absolute atomic E-state index is 6.23. The highest BCUT2D eigenvalue weighted by atomic mass is 35.5. The second-order valence-corrected chi connectivity index (χ2v) is 6.99. The minimum atomic E-state index is -0.715. The molecule has 20 heavy (non-hydrogen) atoms. The fraction of sp³-hybridized carbons (Fsp3) is 0.143. The lowest BCUT2D eigenvalue weighted by Crippen LogP contribution is -2.10. The maximum atomic E-state index is 6.23. The van der Waals surface area contributed by atoms with Crippen LogP contribution in [-0.2, 0) is 0 Å². The summed E-state index contributed by atoms with van der Waals surface area (Å²) in [5.41, 5.74) is 1.52. The summed E-state index contributed by atoms with van der Waals surface area (Å²) in [7, 11) is 0. The molecule has 0 aliphatic carbocycles. The number of hydrogen-bond acceptors (Lipinski definition) is 0. The third kappa shape index (κ3) is 3.68. The van der Waals surface area contributed by atoms with Gasteiger partial charge in [-0.25, -0.2) is 0 Å². The molecule has 0 bridgehead atoms. The van der Waals surface area contributed by atoms with Crippen LogP contribution in [-0.4, -0.2) is 4.84 Å². The number of hydrogen-bond donors (Lipinski definition) is 0. The molecule has 0 heterocycles. The molecule has 0 nitrogen and oxygen atoms in total. The van der Waals surface area contributed by atoms with Crippen LogP contribution in [0.2, 0.25) is 20.1 Å². The van der Waals surface area contributed by atoms with Gasteiger partial charge in [0.05, 0.1) is 0 Å². The smallest absolute Gasteiger partial charge is 0.104 e. The quantitative estimate of drug-likeness (QED) is 0.486. The second kappa shape index (κ2) is 6.96. The summed E-state index contributed by atoms with van der Waals surface area (Å²) in [6.45, 7) is 0. The van der Waals surface area contributed by atoms with E-state index in [1.165, 1.54) is 0 Å². The molecule has 0 radical (unpaired) electrons. The van der Waals surface area contributed by atoms with E-state index in [2.05, 4.69) is 0 Å². The lowest BCUT2D eigenvalue weighted by atomic mass is 9.92. The average Bonchev–Trinajstić information content (AvgIpc) is 2.34. The van der Waals surface area contributed by atoms with E-state index in [-0.39, 0.29) is 5.92 Å². The highest BCUT2D eigenvalue weighted by Gasteiger charge is 2.26. The van der Waals surface area contributed by atoms with Crippen LogP contribution in [0, 0.1) is 0 Å². The van der Waals surface area contributed by atoms with Crippen molar-refractivity contribution < 1.29 is 0 Å². The van der Waals surface area contributed by atoms with Crippen LogP contribution in [0.4, 0.5) is 0 Å². The summed E-state index contributed by atoms with van der Waals surface area (Å²) >= 11 is 36.5. The zero-order chi connectivity index (χ0) is 14.9. The Kier molecular flexibility index (Phi) is 5.76. The summed E-state index contributed by atoms with van der Waals surface area (Å²) in [5, 5.41) is 2.06. The summed E-state index contributed by atoms with van der Waals surface area (Å²) in [4.78, 5) is -0.715. The first-order chi connectivity index (χ1) is 9.40. The topological polar surface area (TPSA) is 0 Å². The van der Waals surface area contributed by atoms with Crippen molar-refractivity contribution in [3.05, 3.63) is 67.6 Å². The van der Waals surface area contributed by atoms with Gasteiger partial charge in [0.15, 0.2) is 0 Å². The van der Waals surface area contributed by atoms with E-state index < -0.39 is 4.84 Å². The molecule has 0 unspecified atom stereocenters. The van der Waals surface area contributed by atoms with Gasteiger partial charge in [0.1, 0.15) is 4.84 Å². The van der Waals surface area contributed by atoms with E-state index in [9.17, 15) is 0 Å². The molecule has 0 aliphatic heterocycles. The van der Waals surface area contributed by atoms with Crippen molar-refractivity contribution in [3.8, 4) is 0 Å². The number of alkyl halides is 2. The predicted octanol–water partition coefficient (Wildman–Crippen LogP) is 7.24. The molecule has 2 rings (SSSR count). The minimum Gasteiger partial charge on any atom is -0.104 e. The fourth-order valence-corrected chi connectivity index (χ4v) is 3.54. The van der Waals surface area contributed by atoms with Crippen molar-refractivity contribution in [2.45, 2.75) is 10.8 Å². The second-order valence-electron chi connectivity index (χ2n) is 4.14. The first-order valence-corrected chi connectivity index (χ1v) is 7.96. The zero-order valence-corrected chi connectivity index (χ0v) is 14.4.